The Labute approximate surface area is 105 Å². The maximum atomic E-state index is 11.6. The van der Waals surface area contributed by atoms with E-state index in [-0.39, 0.29) is 6.04 Å². The van der Waals surface area contributed by atoms with Gasteiger partial charge in [-0.3, -0.25) is 9.69 Å². The van der Waals surface area contributed by atoms with Crippen LogP contribution in [-0.2, 0) is 11.3 Å². The van der Waals surface area contributed by atoms with Crippen LogP contribution in [-0.4, -0.2) is 23.8 Å². The summed E-state index contributed by atoms with van der Waals surface area (Å²) in [6.45, 7) is 0.831. The first-order chi connectivity index (χ1) is 7.68. The molecular formula is C13H16BrNO. The third-order valence-corrected chi connectivity index (χ3v) is 3.96. The van der Waals surface area contributed by atoms with Crippen molar-refractivity contribution in [3.05, 3.63) is 34.3 Å². The van der Waals surface area contributed by atoms with E-state index in [1.165, 1.54) is 5.56 Å². The zero-order valence-corrected chi connectivity index (χ0v) is 11.0. The average molecular weight is 282 g/mol. The van der Waals surface area contributed by atoms with E-state index in [4.69, 9.17) is 0 Å². The molecule has 86 valence electrons. The summed E-state index contributed by atoms with van der Waals surface area (Å²) < 4.78 is 1.12. The smallest absolute Gasteiger partial charge is 0.149 e. The largest absolute Gasteiger partial charge is 0.298 e. The van der Waals surface area contributed by atoms with Gasteiger partial charge in [-0.15, -0.1) is 0 Å². The minimum absolute atomic E-state index is 0.132. The van der Waals surface area contributed by atoms with Crippen LogP contribution >= 0.6 is 15.9 Å². The van der Waals surface area contributed by atoms with Crippen molar-refractivity contribution in [3.63, 3.8) is 0 Å². The Hall–Kier alpha value is -0.670. The highest BCUT2D eigenvalue weighted by Crippen LogP contribution is 2.23. The van der Waals surface area contributed by atoms with Gasteiger partial charge in [-0.25, -0.2) is 0 Å². The zero-order valence-electron chi connectivity index (χ0n) is 9.45. The van der Waals surface area contributed by atoms with E-state index in [1.54, 1.807) is 0 Å². The molecule has 2 rings (SSSR count). The molecule has 1 fully saturated rings. The lowest BCUT2D eigenvalue weighted by Gasteiger charge is -2.23. The summed E-state index contributed by atoms with van der Waals surface area (Å²) >= 11 is 3.54. The Bertz CT molecular complexity index is 391. The van der Waals surface area contributed by atoms with Gasteiger partial charge in [0.05, 0.1) is 6.04 Å². The van der Waals surface area contributed by atoms with Crippen LogP contribution in [0.4, 0.5) is 0 Å². The number of ketones is 1. The minimum Gasteiger partial charge on any atom is -0.298 e. The standard InChI is InChI=1S/C13H16BrNO/c1-15(12-7-4-8-13(12)16)9-10-5-2-3-6-11(10)14/h2-3,5-6,12H,4,7-9H2,1H3. The lowest BCUT2D eigenvalue weighted by atomic mass is 10.1. The monoisotopic (exact) mass is 281 g/mol. The third kappa shape index (κ3) is 2.53. The van der Waals surface area contributed by atoms with E-state index in [0.29, 0.717) is 5.78 Å². The maximum Gasteiger partial charge on any atom is 0.149 e. The molecule has 3 heteroatoms. The summed E-state index contributed by atoms with van der Waals surface area (Å²) in [5, 5.41) is 0. The number of carbonyl (C=O) groups excluding carboxylic acids is 1. The number of carbonyl (C=O) groups is 1. The molecular weight excluding hydrogens is 266 g/mol. The SMILES string of the molecule is CN(Cc1ccccc1Br)C1CCCC1=O. The molecule has 1 unspecified atom stereocenters. The van der Waals surface area contributed by atoms with Crippen LogP contribution in [0.15, 0.2) is 28.7 Å². The summed E-state index contributed by atoms with van der Waals surface area (Å²) in [4.78, 5) is 13.8. The molecule has 0 radical (unpaired) electrons. The van der Waals surface area contributed by atoms with Crippen LogP contribution in [0, 0.1) is 0 Å². The van der Waals surface area contributed by atoms with Gasteiger partial charge in [-0.05, 0) is 31.5 Å². The van der Waals surface area contributed by atoms with Gasteiger partial charge in [-0.1, -0.05) is 34.1 Å². The molecule has 1 aliphatic carbocycles. The van der Waals surface area contributed by atoms with Crippen LogP contribution in [0.5, 0.6) is 0 Å². The minimum atomic E-state index is 0.132. The molecule has 0 bridgehead atoms. The van der Waals surface area contributed by atoms with Gasteiger partial charge < -0.3 is 0 Å². The Morgan fingerprint density at radius 1 is 1.44 bits per heavy atom. The zero-order chi connectivity index (χ0) is 11.5. The van der Waals surface area contributed by atoms with E-state index < -0.39 is 0 Å². The van der Waals surface area contributed by atoms with Gasteiger partial charge in [0.25, 0.3) is 0 Å². The van der Waals surface area contributed by atoms with Crippen LogP contribution in [0.3, 0.4) is 0 Å². The molecule has 16 heavy (non-hydrogen) atoms. The molecule has 2 nitrogen and oxygen atoms in total. The number of nitrogens with zero attached hydrogens (tertiary/aromatic N) is 1. The average Bonchev–Trinajstić information content (AvgIpc) is 2.68. The first-order valence-corrected chi connectivity index (χ1v) is 6.44. The van der Waals surface area contributed by atoms with Gasteiger partial charge in [0.2, 0.25) is 0 Å². The summed E-state index contributed by atoms with van der Waals surface area (Å²) in [7, 11) is 2.04. The van der Waals surface area contributed by atoms with Crippen molar-refractivity contribution in [1.29, 1.82) is 0 Å². The molecule has 0 aromatic heterocycles. The van der Waals surface area contributed by atoms with Crippen LogP contribution in [0.1, 0.15) is 24.8 Å². The molecule has 1 aliphatic rings. The topological polar surface area (TPSA) is 20.3 Å². The number of likely N-dealkylation sites (N-methyl/N-ethyl adjacent to an activating group) is 1. The van der Waals surface area contributed by atoms with Crippen molar-refractivity contribution in [2.75, 3.05) is 7.05 Å². The van der Waals surface area contributed by atoms with Crippen molar-refractivity contribution in [3.8, 4) is 0 Å². The first kappa shape index (κ1) is 11.8. The molecule has 1 atom stereocenters. The summed E-state index contributed by atoms with van der Waals surface area (Å²) in [6, 6.07) is 8.31. The Balaban J connectivity index is 2.04. The van der Waals surface area contributed by atoms with E-state index in [9.17, 15) is 4.79 Å². The quantitative estimate of drug-likeness (QED) is 0.849. The van der Waals surface area contributed by atoms with E-state index in [0.717, 1.165) is 30.3 Å². The van der Waals surface area contributed by atoms with E-state index in [2.05, 4.69) is 26.9 Å². The molecule has 0 aliphatic heterocycles. The highest BCUT2D eigenvalue weighted by molar-refractivity contribution is 9.10. The highest BCUT2D eigenvalue weighted by Gasteiger charge is 2.27. The molecule has 0 amide bonds. The number of Topliss-reactive ketones (excluding diaryl/α,β-unsaturated/α-hetero) is 1. The molecule has 0 saturated heterocycles. The van der Waals surface area contributed by atoms with Gasteiger partial charge in [0.15, 0.2) is 0 Å². The van der Waals surface area contributed by atoms with Crippen molar-refractivity contribution in [1.82, 2.24) is 4.90 Å². The number of hydrogen-bond donors (Lipinski definition) is 0. The Morgan fingerprint density at radius 3 is 2.81 bits per heavy atom. The molecule has 0 spiro atoms. The number of halogens is 1. The van der Waals surface area contributed by atoms with E-state index in [1.807, 2.05) is 25.2 Å². The second-order valence-electron chi connectivity index (χ2n) is 4.38. The molecule has 1 aromatic carbocycles. The summed E-state index contributed by atoms with van der Waals surface area (Å²) in [5.74, 6) is 0.398. The Kier molecular flexibility index (Phi) is 3.77. The van der Waals surface area contributed by atoms with Crippen LogP contribution in [0.25, 0.3) is 0 Å². The van der Waals surface area contributed by atoms with Gasteiger partial charge in [0.1, 0.15) is 5.78 Å². The number of benzene rings is 1. The third-order valence-electron chi connectivity index (χ3n) is 3.18. The Morgan fingerprint density at radius 2 is 2.19 bits per heavy atom. The lowest BCUT2D eigenvalue weighted by molar-refractivity contribution is -0.121. The fourth-order valence-electron chi connectivity index (χ4n) is 2.27. The van der Waals surface area contributed by atoms with Gasteiger partial charge in [0, 0.05) is 17.4 Å². The molecule has 0 N–H and O–H groups in total. The predicted molar refractivity (Wildman–Crippen MR) is 68.3 cm³/mol. The second-order valence-corrected chi connectivity index (χ2v) is 5.24. The van der Waals surface area contributed by atoms with Gasteiger partial charge in [-0.2, -0.15) is 0 Å². The van der Waals surface area contributed by atoms with Gasteiger partial charge >= 0.3 is 0 Å². The first-order valence-electron chi connectivity index (χ1n) is 5.65. The van der Waals surface area contributed by atoms with Crippen LogP contribution in [0.2, 0.25) is 0 Å². The van der Waals surface area contributed by atoms with Crippen molar-refractivity contribution in [2.45, 2.75) is 31.8 Å². The van der Waals surface area contributed by atoms with Crippen LogP contribution < -0.4 is 0 Å². The molecule has 1 aromatic rings. The summed E-state index contributed by atoms with van der Waals surface area (Å²) in [6.07, 6.45) is 2.81. The molecule has 1 saturated carbocycles. The predicted octanol–water partition coefficient (Wildman–Crippen LogP) is 3.00. The maximum absolute atomic E-state index is 11.6. The van der Waals surface area contributed by atoms with Crippen molar-refractivity contribution in [2.24, 2.45) is 0 Å². The normalized spacial score (nSPS) is 20.7. The highest BCUT2D eigenvalue weighted by atomic mass is 79.9. The van der Waals surface area contributed by atoms with Crippen molar-refractivity contribution < 1.29 is 4.79 Å². The number of hydrogen-bond acceptors (Lipinski definition) is 2. The lowest BCUT2D eigenvalue weighted by Crippen LogP contribution is -2.34. The fourth-order valence-corrected chi connectivity index (χ4v) is 2.68. The number of rotatable bonds is 3. The van der Waals surface area contributed by atoms with E-state index >= 15 is 0 Å². The fraction of sp³-hybridized carbons (Fsp3) is 0.462. The summed E-state index contributed by atoms with van der Waals surface area (Å²) in [5.41, 5.74) is 1.24. The van der Waals surface area contributed by atoms with Crippen molar-refractivity contribution >= 4 is 21.7 Å². The second kappa shape index (κ2) is 5.11. The molecule has 0 heterocycles.